The maximum Gasteiger partial charge on any atom is 0.339 e. The van der Waals surface area contributed by atoms with E-state index in [-0.39, 0.29) is 5.69 Å². The quantitative estimate of drug-likeness (QED) is 0.393. The second-order valence-corrected chi connectivity index (χ2v) is 5.62. The third-order valence-corrected chi connectivity index (χ3v) is 3.82. The Morgan fingerprint density at radius 3 is 2.04 bits per heavy atom. The van der Waals surface area contributed by atoms with Gasteiger partial charge >= 0.3 is 10.1 Å². The van der Waals surface area contributed by atoms with Gasteiger partial charge in [0.1, 0.15) is 4.90 Å². The van der Waals surface area contributed by atoms with Gasteiger partial charge in [-0.3, -0.25) is 4.98 Å². The lowest BCUT2D eigenvalue weighted by atomic mass is 10.3. The van der Waals surface area contributed by atoms with Crippen molar-refractivity contribution < 1.29 is 39.7 Å². The minimum absolute atomic E-state index is 0.118. The molecule has 23 heavy (non-hydrogen) atoms. The summed E-state index contributed by atoms with van der Waals surface area (Å²) in [5.41, 5.74) is -0.118. The Morgan fingerprint density at radius 1 is 1.00 bits per heavy atom. The summed E-state index contributed by atoms with van der Waals surface area (Å²) >= 11 is 0. The number of aliphatic hydroxyl groups excluding tert-OH is 1. The normalized spacial score (nSPS) is 11.6. The van der Waals surface area contributed by atoms with Gasteiger partial charge in [0.25, 0.3) is 0 Å². The molecule has 2 aromatic rings. The van der Waals surface area contributed by atoms with Crippen molar-refractivity contribution >= 4 is 10.1 Å². The first-order chi connectivity index (χ1) is 10.7. The average Bonchev–Trinajstić information content (AvgIpc) is 2.55. The molecule has 0 saturated heterocycles. The number of rotatable bonds is 4. The van der Waals surface area contributed by atoms with E-state index in [4.69, 9.17) is 5.11 Å². The first-order valence-electron chi connectivity index (χ1n) is 5.70. The van der Waals surface area contributed by atoms with Crippen LogP contribution >= 0.6 is 0 Å². The Bertz CT molecular complexity index is 843. The van der Waals surface area contributed by atoms with Crippen LogP contribution in [0.5, 0.6) is 5.75 Å². The Labute approximate surface area is 126 Å². The summed E-state index contributed by atoms with van der Waals surface area (Å²) in [4.78, 5) is 2.87. The van der Waals surface area contributed by atoms with Crippen LogP contribution in [0.4, 0.5) is 22.0 Å². The van der Waals surface area contributed by atoms with E-state index in [2.05, 4.69) is 9.17 Å². The zero-order chi connectivity index (χ0) is 17.4. The molecule has 11 heteroatoms. The molecule has 0 fully saturated rings. The average molecular weight is 355 g/mol. The van der Waals surface area contributed by atoms with Crippen molar-refractivity contribution in [1.82, 2.24) is 4.98 Å². The van der Waals surface area contributed by atoms with E-state index in [9.17, 15) is 30.4 Å². The van der Waals surface area contributed by atoms with Crippen LogP contribution in [0.2, 0.25) is 0 Å². The molecule has 0 aliphatic rings. The zero-order valence-electron chi connectivity index (χ0n) is 10.9. The molecule has 1 aromatic heterocycles. The number of aliphatic hydroxyl groups is 1. The van der Waals surface area contributed by atoms with Crippen LogP contribution in [0.1, 0.15) is 5.69 Å². The van der Waals surface area contributed by atoms with E-state index in [1.165, 1.54) is 0 Å². The first-order valence-corrected chi connectivity index (χ1v) is 7.11. The van der Waals surface area contributed by atoms with Gasteiger partial charge in [0.15, 0.2) is 0 Å². The Balaban J connectivity index is 2.54. The molecule has 0 spiro atoms. The van der Waals surface area contributed by atoms with Gasteiger partial charge in [-0.2, -0.15) is 17.2 Å². The molecule has 0 unspecified atom stereocenters. The van der Waals surface area contributed by atoms with Crippen molar-refractivity contribution in [3.05, 3.63) is 53.1 Å². The summed E-state index contributed by atoms with van der Waals surface area (Å²) < 4.78 is 93.6. The van der Waals surface area contributed by atoms with E-state index in [0.29, 0.717) is 0 Å². The summed E-state index contributed by atoms with van der Waals surface area (Å²) in [6.07, 6.45) is 0.945. The molecule has 0 aliphatic carbocycles. The maximum absolute atomic E-state index is 13.4. The number of nitrogens with zero attached hydrogens (tertiary/aromatic N) is 1. The van der Waals surface area contributed by atoms with Crippen LogP contribution < -0.4 is 4.18 Å². The number of hydrogen-bond acceptors (Lipinski definition) is 5. The Hall–Kier alpha value is -2.27. The summed E-state index contributed by atoms with van der Waals surface area (Å²) in [5.74, 6) is -14.0. The van der Waals surface area contributed by atoms with Crippen molar-refractivity contribution in [3.8, 4) is 5.75 Å². The monoisotopic (exact) mass is 355 g/mol. The molecule has 5 nitrogen and oxygen atoms in total. The van der Waals surface area contributed by atoms with Crippen molar-refractivity contribution in [2.45, 2.75) is 11.5 Å². The third-order valence-electron chi connectivity index (χ3n) is 2.60. The highest BCUT2D eigenvalue weighted by molar-refractivity contribution is 7.87. The van der Waals surface area contributed by atoms with Crippen molar-refractivity contribution in [3.63, 3.8) is 0 Å². The molecule has 1 heterocycles. The topological polar surface area (TPSA) is 76.5 Å². The van der Waals surface area contributed by atoms with Gasteiger partial charge in [-0.05, 0) is 12.1 Å². The van der Waals surface area contributed by atoms with Gasteiger partial charge in [0.2, 0.25) is 34.8 Å². The fourth-order valence-electron chi connectivity index (χ4n) is 1.51. The number of halogens is 5. The van der Waals surface area contributed by atoms with E-state index in [1.54, 1.807) is 0 Å². The standard InChI is InChI=1S/C12H6F5NO4S/c13-7-8(14)10(16)12(11(17)9(7)15)22-23(20,21)6-1-2-18-5(3-6)4-19/h1-3,19H,4H2. The smallest absolute Gasteiger partial charge is 0.339 e. The molecule has 0 amide bonds. The maximum atomic E-state index is 13.4. The lowest BCUT2D eigenvalue weighted by Gasteiger charge is -2.10. The molecule has 0 aliphatic heterocycles. The Kier molecular flexibility index (Phi) is 4.52. The zero-order valence-corrected chi connectivity index (χ0v) is 11.7. The summed E-state index contributed by atoms with van der Waals surface area (Å²) in [5, 5.41) is 8.85. The van der Waals surface area contributed by atoms with Crippen LogP contribution in [-0.4, -0.2) is 18.5 Å². The second kappa shape index (κ2) is 6.08. The highest BCUT2D eigenvalue weighted by atomic mass is 32.2. The minimum Gasteiger partial charge on any atom is -0.390 e. The van der Waals surface area contributed by atoms with Crippen LogP contribution in [0.25, 0.3) is 0 Å². The molecule has 0 radical (unpaired) electrons. The predicted molar refractivity (Wildman–Crippen MR) is 64.2 cm³/mol. The molecular formula is C12H6F5NO4S. The largest absolute Gasteiger partial charge is 0.390 e. The van der Waals surface area contributed by atoms with Crippen molar-refractivity contribution in [2.24, 2.45) is 0 Å². The lowest BCUT2D eigenvalue weighted by Crippen LogP contribution is -2.15. The van der Waals surface area contributed by atoms with E-state index < -0.39 is 56.5 Å². The van der Waals surface area contributed by atoms with Gasteiger partial charge < -0.3 is 9.29 Å². The molecular weight excluding hydrogens is 349 g/mol. The summed E-state index contributed by atoms with van der Waals surface area (Å²) in [7, 11) is -4.92. The molecule has 1 N–H and O–H groups in total. The Morgan fingerprint density at radius 2 is 1.52 bits per heavy atom. The number of aromatic nitrogens is 1. The SMILES string of the molecule is O=S(=O)(Oc1c(F)c(F)c(F)c(F)c1F)c1ccnc(CO)c1. The van der Waals surface area contributed by atoms with Crippen LogP contribution in [0.15, 0.2) is 23.2 Å². The van der Waals surface area contributed by atoms with Gasteiger partial charge in [0.05, 0.1) is 12.3 Å². The van der Waals surface area contributed by atoms with Crippen LogP contribution in [0, 0.1) is 29.1 Å². The molecule has 124 valence electrons. The van der Waals surface area contributed by atoms with E-state index in [0.717, 1.165) is 18.3 Å². The van der Waals surface area contributed by atoms with Gasteiger partial charge in [-0.25, -0.2) is 13.2 Å². The highest BCUT2D eigenvalue weighted by Crippen LogP contribution is 2.31. The lowest BCUT2D eigenvalue weighted by molar-refractivity contribution is 0.276. The fraction of sp³-hybridized carbons (Fsp3) is 0.0833. The summed E-state index contributed by atoms with van der Waals surface area (Å²) in [6, 6.07) is 1.65. The molecule has 2 rings (SSSR count). The third kappa shape index (κ3) is 3.10. The second-order valence-electron chi connectivity index (χ2n) is 4.08. The van der Waals surface area contributed by atoms with E-state index >= 15 is 0 Å². The number of benzene rings is 1. The van der Waals surface area contributed by atoms with Crippen LogP contribution in [0.3, 0.4) is 0 Å². The highest BCUT2D eigenvalue weighted by Gasteiger charge is 2.31. The number of hydrogen-bond donors (Lipinski definition) is 1. The fourth-order valence-corrected chi connectivity index (χ4v) is 2.48. The van der Waals surface area contributed by atoms with E-state index in [1.807, 2.05) is 0 Å². The molecule has 0 saturated carbocycles. The van der Waals surface area contributed by atoms with Crippen molar-refractivity contribution in [2.75, 3.05) is 0 Å². The molecule has 0 atom stereocenters. The molecule has 1 aromatic carbocycles. The van der Waals surface area contributed by atoms with Gasteiger partial charge in [0, 0.05) is 6.20 Å². The predicted octanol–water partition coefficient (Wildman–Crippen LogP) is 2.04. The van der Waals surface area contributed by atoms with Gasteiger partial charge in [-0.15, -0.1) is 0 Å². The first kappa shape index (κ1) is 17.1. The van der Waals surface area contributed by atoms with Crippen LogP contribution in [-0.2, 0) is 16.7 Å². The minimum atomic E-state index is -4.92. The van der Waals surface area contributed by atoms with Crippen molar-refractivity contribution in [1.29, 1.82) is 0 Å². The van der Waals surface area contributed by atoms with Gasteiger partial charge in [-0.1, -0.05) is 0 Å². The molecule has 0 bridgehead atoms. The number of pyridine rings is 1. The summed E-state index contributed by atoms with van der Waals surface area (Å²) in [6.45, 7) is -0.647.